The van der Waals surface area contributed by atoms with Crippen LogP contribution < -0.4 is 11.1 Å². The number of primary amides is 1. The Morgan fingerprint density at radius 3 is 2.58 bits per heavy atom. The molecule has 0 aromatic carbocycles. The molecule has 0 spiro atoms. The van der Waals surface area contributed by atoms with Gasteiger partial charge in [0.15, 0.2) is 0 Å². The number of piperidine rings is 1. The summed E-state index contributed by atoms with van der Waals surface area (Å²) in [6.07, 6.45) is 0.222. The van der Waals surface area contributed by atoms with Crippen LogP contribution in [-0.2, 0) is 14.4 Å². The fourth-order valence-corrected chi connectivity index (χ4v) is 1.14. The van der Waals surface area contributed by atoms with Crippen LogP contribution in [0.25, 0.3) is 0 Å². The zero-order valence-electron chi connectivity index (χ0n) is 6.66. The Morgan fingerprint density at radius 1 is 1.50 bits per heavy atom. The van der Waals surface area contributed by atoms with Crippen molar-refractivity contribution in [3.63, 3.8) is 0 Å². The van der Waals surface area contributed by atoms with Crippen molar-refractivity contribution in [2.24, 2.45) is 17.6 Å². The summed E-state index contributed by atoms with van der Waals surface area (Å²) in [5, 5.41) is 2.08. The van der Waals surface area contributed by atoms with E-state index in [1.807, 2.05) is 0 Å². The van der Waals surface area contributed by atoms with Gasteiger partial charge in [0.25, 0.3) is 0 Å². The van der Waals surface area contributed by atoms with Crippen LogP contribution in [-0.4, -0.2) is 17.7 Å². The molecule has 0 aromatic heterocycles. The lowest BCUT2D eigenvalue weighted by Gasteiger charge is -2.22. The first kappa shape index (κ1) is 8.70. The van der Waals surface area contributed by atoms with Crippen LogP contribution >= 0.6 is 0 Å². The molecule has 12 heavy (non-hydrogen) atoms. The summed E-state index contributed by atoms with van der Waals surface area (Å²) in [7, 11) is 0. The first-order valence-corrected chi connectivity index (χ1v) is 3.66. The second-order valence-electron chi connectivity index (χ2n) is 2.95. The van der Waals surface area contributed by atoms with Crippen molar-refractivity contribution in [3.05, 3.63) is 0 Å². The van der Waals surface area contributed by atoms with Crippen LogP contribution in [0.1, 0.15) is 13.3 Å². The van der Waals surface area contributed by atoms with Crippen molar-refractivity contribution in [1.82, 2.24) is 5.32 Å². The molecule has 0 bridgehead atoms. The highest BCUT2D eigenvalue weighted by molar-refractivity contribution is 6.08. The summed E-state index contributed by atoms with van der Waals surface area (Å²) in [6, 6.07) is 0. The highest BCUT2D eigenvalue weighted by Crippen LogP contribution is 2.16. The van der Waals surface area contributed by atoms with Gasteiger partial charge in [-0.15, -0.1) is 0 Å². The fraction of sp³-hybridized carbons (Fsp3) is 0.571. The lowest BCUT2D eigenvalue weighted by atomic mass is 9.90. The summed E-state index contributed by atoms with van der Waals surface area (Å²) in [6.45, 7) is 1.65. The topological polar surface area (TPSA) is 89.3 Å². The van der Waals surface area contributed by atoms with Crippen LogP contribution in [0, 0.1) is 11.8 Å². The predicted molar refractivity (Wildman–Crippen MR) is 39.6 cm³/mol. The van der Waals surface area contributed by atoms with Crippen molar-refractivity contribution in [2.45, 2.75) is 13.3 Å². The third-order valence-electron chi connectivity index (χ3n) is 1.94. The first-order valence-electron chi connectivity index (χ1n) is 3.66. The van der Waals surface area contributed by atoms with Crippen molar-refractivity contribution in [1.29, 1.82) is 0 Å². The number of carbonyl (C=O) groups excluding carboxylic acids is 3. The van der Waals surface area contributed by atoms with Gasteiger partial charge in [0.05, 0.1) is 0 Å². The maximum Gasteiger partial charge on any atom is 0.239 e. The van der Waals surface area contributed by atoms with E-state index in [-0.39, 0.29) is 18.2 Å². The lowest BCUT2D eigenvalue weighted by molar-refractivity contribution is -0.142. The minimum Gasteiger partial charge on any atom is -0.369 e. The number of nitrogens with two attached hydrogens (primary N) is 1. The van der Waals surface area contributed by atoms with Crippen molar-refractivity contribution >= 4 is 17.7 Å². The average molecular weight is 170 g/mol. The molecule has 2 unspecified atom stereocenters. The van der Waals surface area contributed by atoms with Gasteiger partial charge in [0.1, 0.15) is 5.92 Å². The maximum absolute atomic E-state index is 11.0. The Kier molecular flexibility index (Phi) is 2.12. The molecular weight excluding hydrogens is 160 g/mol. The van der Waals surface area contributed by atoms with Gasteiger partial charge in [-0.3, -0.25) is 19.7 Å². The molecule has 5 nitrogen and oxygen atoms in total. The standard InChI is InChI=1S/C7H10N2O3/c1-3-2-4(5(8)10)7(12)9-6(3)11/h3-4H,2H2,1H3,(H2,8,10)(H,9,11,12). The number of nitrogens with one attached hydrogen (secondary N) is 1. The van der Waals surface area contributed by atoms with Crippen molar-refractivity contribution < 1.29 is 14.4 Å². The van der Waals surface area contributed by atoms with E-state index in [1.54, 1.807) is 6.92 Å². The molecule has 2 atom stereocenters. The summed E-state index contributed by atoms with van der Waals surface area (Å²) >= 11 is 0. The molecule has 1 heterocycles. The zero-order chi connectivity index (χ0) is 9.30. The van der Waals surface area contributed by atoms with E-state index in [2.05, 4.69) is 5.32 Å². The third-order valence-corrected chi connectivity index (χ3v) is 1.94. The average Bonchev–Trinajstić information content (AvgIpc) is 1.96. The van der Waals surface area contributed by atoms with E-state index in [9.17, 15) is 14.4 Å². The van der Waals surface area contributed by atoms with Crippen LogP contribution in [0.15, 0.2) is 0 Å². The first-order chi connectivity index (χ1) is 5.52. The molecule has 0 aliphatic carbocycles. The second-order valence-corrected chi connectivity index (χ2v) is 2.95. The Morgan fingerprint density at radius 2 is 2.08 bits per heavy atom. The number of hydrogen-bond donors (Lipinski definition) is 2. The van der Waals surface area contributed by atoms with Gasteiger partial charge in [0.2, 0.25) is 17.7 Å². The van der Waals surface area contributed by atoms with Crippen LogP contribution in [0.2, 0.25) is 0 Å². The minimum absolute atomic E-state index is 0.222. The Bertz CT molecular complexity index is 249. The highest BCUT2D eigenvalue weighted by Gasteiger charge is 2.35. The van der Waals surface area contributed by atoms with Gasteiger partial charge < -0.3 is 5.73 Å². The van der Waals surface area contributed by atoms with Crippen molar-refractivity contribution in [2.75, 3.05) is 0 Å². The summed E-state index contributed by atoms with van der Waals surface area (Å²) in [4.78, 5) is 32.5. The molecule has 0 radical (unpaired) electrons. The van der Waals surface area contributed by atoms with Gasteiger partial charge in [-0.1, -0.05) is 6.92 Å². The van der Waals surface area contributed by atoms with E-state index < -0.39 is 17.7 Å². The minimum atomic E-state index is -0.849. The van der Waals surface area contributed by atoms with Gasteiger partial charge in [-0.05, 0) is 6.42 Å². The van der Waals surface area contributed by atoms with Crippen LogP contribution in [0.4, 0.5) is 0 Å². The van der Waals surface area contributed by atoms with E-state index in [0.29, 0.717) is 0 Å². The molecule has 1 saturated heterocycles. The van der Waals surface area contributed by atoms with Gasteiger partial charge in [-0.2, -0.15) is 0 Å². The van der Waals surface area contributed by atoms with Gasteiger partial charge in [-0.25, -0.2) is 0 Å². The largest absolute Gasteiger partial charge is 0.369 e. The van der Waals surface area contributed by atoms with E-state index in [0.717, 1.165) is 0 Å². The van der Waals surface area contributed by atoms with E-state index in [4.69, 9.17) is 5.73 Å². The molecule has 3 N–H and O–H groups in total. The Labute approximate surface area is 69.3 Å². The number of rotatable bonds is 1. The molecule has 1 rings (SSSR count). The van der Waals surface area contributed by atoms with Crippen molar-refractivity contribution in [3.8, 4) is 0 Å². The molecule has 0 saturated carbocycles. The molecule has 1 aliphatic heterocycles. The molecule has 0 aromatic rings. The molecule has 3 amide bonds. The number of amides is 3. The molecule has 5 heteroatoms. The second kappa shape index (κ2) is 2.92. The van der Waals surface area contributed by atoms with E-state index in [1.165, 1.54) is 0 Å². The summed E-state index contributed by atoms with van der Waals surface area (Å²) in [5.74, 6) is -2.76. The summed E-state index contributed by atoms with van der Waals surface area (Å²) in [5.41, 5.74) is 4.95. The quantitative estimate of drug-likeness (QED) is 0.381. The molecular formula is C7H10N2O3. The SMILES string of the molecule is CC1CC(C(N)=O)C(=O)NC1=O. The lowest BCUT2D eigenvalue weighted by Crippen LogP contribution is -2.49. The number of hydrogen-bond acceptors (Lipinski definition) is 3. The maximum atomic E-state index is 11.0. The zero-order valence-corrected chi connectivity index (χ0v) is 6.66. The third kappa shape index (κ3) is 1.44. The van der Waals surface area contributed by atoms with Gasteiger partial charge in [0, 0.05) is 5.92 Å². The molecule has 66 valence electrons. The number of imide groups is 1. The van der Waals surface area contributed by atoms with Gasteiger partial charge >= 0.3 is 0 Å². The van der Waals surface area contributed by atoms with Crippen LogP contribution in [0.5, 0.6) is 0 Å². The van der Waals surface area contributed by atoms with E-state index >= 15 is 0 Å². The molecule has 1 fully saturated rings. The number of carbonyl (C=O) groups is 3. The van der Waals surface area contributed by atoms with Crippen LogP contribution in [0.3, 0.4) is 0 Å². The monoisotopic (exact) mass is 170 g/mol. The predicted octanol–water partition coefficient (Wildman–Crippen LogP) is -1.23. The summed E-state index contributed by atoms with van der Waals surface area (Å²) < 4.78 is 0. The fourth-order valence-electron chi connectivity index (χ4n) is 1.14. The highest BCUT2D eigenvalue weighted by atomic mass is 16.2. The smallest absolute Gasteiger partial charge is 0.239 e. The normalized spacial score (nSPS) is 29.8. The Hall–Kier alpha value is -1.39. The molecule has 1 aliphatic rings. The Balaban J connectivity index is 2.74.